The molecule has 1 saturated heterocycles. The fraction of sp³-hybridized carbons (Fsp3) is 0.286. The summed E-state index contributed by atoms with van der Waals surface area (Å²) >= 11 is 1.74. The predicted molar refractivity (Wildman–Crippen MR) is 112 cm³/mol. The number of allylic oxidation sites excluding steroid dienone is 1. The van der Waals surface area contributed by atoms with E-state index in [1.54, 1.807) is 11.3 Å². The van der Waals surface area contributed by atoms with Crippen molar-refractivity contribution in [3.63, 3.8) is 0 Å². The summed E-state index contributed by atoms with van der Waals surface area (Å²) in [5.74, 6) is 1.00. The van der Waals surface area contributed by atoms with Gasteiger partial charge in [-0.3, -0.25) is 9.98 Å². The molecule has 0 bridgehead atoms. The lowest BCUT2D eigenvalue weighted by molar-refractivity contribution is 0.122. The first-order valence-electron chi connectivity index (χ1n) is 9.16. The summed E-state index contributed by atoms with van der Waals surface area (Å²) in [6.07, 6.45) is 5.78. The molecule has 5 rings (SSSR count). The topological polar surface area (TPSA) is 50.6 Å². The van der Waals surface area contributed by atoms with Crippen LogP contribution in [0, 0.1) is 6.92 Å². The fourth-order valence-electron chi connectivity index (χ4n) is 3.69. The van der Waals surface area contributed by atoms with Gasteiger partial charge in [-0.05, 0) is 52.6 Å². The number of pyridine rings is 2. The summed E-state index contributed by atoms with van der Waals surface area (Å²) in [5.41, 5.74) is 6.81. The zero-order valence-electron chi connectivity index (χ0n) is 15.2. The Labute approximate surface area is 162 Å². The van der Waals surface area contributed by atoms with E-state index in [9.17, 15) is 0 Å². The molecule has 0 radical (unpaired) electrons. The molecule has 3 aromatic heterocycles. The quantitative estimate of drug-likeness (QED) is 0.694. The van der Waals surface area contributed by atoms with Gasteiger partial charge in [-0.1, -0.05) is 0 Å². The van der Waals surface area contributed by atoms with Crippen LogP contribution >= 0.6 is 11.3 Å². The van der Waals surface area contributed by atoms with Crippen molar-refractivity contribution in [2.75, 3.05) is 37.7 Å². The van der Waals surface area contributed by atoms with Crippen LogP contribution in [0.15, 0.2) is 40.2 Å². The maximum atomic E-state index is 5.53. The number of hydrogen-bond donors (Lipinski definition) is 0. The van der Waals surface area contributed by atoms with Crippen molar-refractivity contribution in [1.82, 2.24) is 9.97 Å². The molecule has 2 aliphatic rings. The van der Waals surface area contributed by atoms with Crippen LogP contribution in [0.4, 0.5) is 5.82 Å². The number of nitrogens with zero attached hydrogens (tertiary/aromatic N) is 4. The molecule has 2 aliphatic heterocycles. The van der Waals surface area contributed by atoms with Crippen molar-refractivity contribution in [2.45, 2.75) is 6.92 Å². The van der Waals surface area contributed by atoms with Crippen LogP contribution in [-0.4, -0.2) is 49.0 Å². The first kappa shape index (κ1) is 16.6. The molecule has 0 unspecified atom stereocenters. The summed E-state index contributed by atoms with van der Waals surface area (Å²) in [7, 11) is 0. The monoisotopic (exact) mass is 376 g/mol. The molecule has 0 aliphatic carbocycles. The zero-order valence-corrected chi connectivity index (χ0v) is 16.0. The van der Waals surface area contributed by atoms with E-state index in [4.69, 9.17) is 9.72 Å². The minimum absolute atomic E-state index is 0.669. The second-order valence-corrected chi connectivity index (χ2v) is 7.58. The van der Waals surface area contributed by atoms with Crippen LogP contribution < -0.4 is 4.90 Å². The Morgan fingerprint density at radius 1 is 1.15 bits per heavy atom. The largest absolute Gasteiger partial charge is 0.378 e. The number of morpholine rings is 1. The third kappa shape index (κ3) is 2.95. The van der Waals surface area contributed by atoms with E-state index in [1.165, 1.54) is 16.7 Å². The molecule has 0 amide bonds. The summed E-state index contributed by atoms with van der Waals surface area (Å²) in [6.45, 7) is 6.05. The van der Waals surface area contributed by atoms with Gasteiger partial charge >= 0.3 is 0 Å². The van der Waals surface area contributed by atoms with Gasteiger partial charge in [0.2, 0.25) is 0 Å². The number of aryl methyl sites for hydroxylation is 1. The Kier molecular flexibility index (Phi) is 4.22. The van der Waals surface area contributed by atoms with Gasteiger partial charge < -0.3 is 9.64 Å². The highest BCUT2D eigenvalue weighted by atomic mass is 32.1. The molecule has 3 aromatic rings. The normalized spacial score (nSPS) is 16.9. The van der Waals surface area contributed by atoms with Crippen molar-refractivity contribution in [2.24, 2.45) is 4.99 Å². The van der Waals surface area contributed by atoms with Gasteiger partial charge in [0.25, 0.3) is 0 Å². The molecule has 5 heterocycles. The molecule has 0 spiro atoms. The van der Waals surface area contributed by atoms with Crippen LogP contribution in [0.2, 0.25) is 0 Å². The van der Waals surface area contributed by atoms with E-state index >= 15 is 0 Å². The Morgan fingerprint density at radius 2 is 2.04 bits per heavy atom. The number of rotatable bonds is 3. The van der Waals surface area contributed by atoms with E-state index in [-0.39, 0.29) is 0 Å². The second kappa shape index (κ2) is 6.87. The summed E-state index contributed by atoms with van der Waals surface area (Å²) in [4.78, 5) is 16.4. The smallest absolute Gasteiger partial charge is 0.130 e. The van der Waals surface area contributed by atoms with Crippen LogP contribution in [0.1, 0.15) is 11.3 Å². The predicted octanol–water partition coefficient (Wildman–Crippen LogP) is 3.97. The number of hydrogen-bond acceptors (Lipinski definition) is 6. The minimum atomic E-state index is 0.669. The van der Waals surface area contributed by atoms with Gasteiger partial charge in [0.15, 0.2) is 0 Å². The van der Waals surface area contributed by atoms with Gasteiger partial charge in [0.05, 0.1) is 31.0 Å². The molecule has 136 valence electrons. The zero-order chi connectivity index (χ0) is 18.2. The maximum absolute atomic E-state index is 5.53. The molecule has 5 nitrogen and oxygen atoms in total. The van der Waals surface area contributed by atoms with E-state index < -0.39 is 0 Å². The molecule has 0 N–H and O–H groups in total. The highest BCUT2D eigenvalue weighted by Crippen LogP contribution is 2.37. The summed E-state index contributed by atoms with van der Waals surface area (Å²) < 4.78 is 5.53. The Balaban J connectivity index is 1.76. The Morgan fingerprint density at radius 3 is 2.78 bits per heavy atom. The van der Waals surface area contributed by atoms with Crippen molar-refractivity contribution < 1.29 is 4.74 Å². The number of fused-ring (bicyclic) bond motifs is 1. The lowest BCUT2D eigenvalue weighted by Crippen LogP contribution is -2.36. The molecule has 0 saturated carbocycles. The van der Waals surface area contributed by atoms with Crippen molar-refractivity contribution in [3.8, 4) is 11.1 Å². The van der Waals surface area contributed by atoms with Crippen LogP contribution in [0.3, 0.4) is 0 Å². The Bertz CT molecular complexity index is 1060. The van der Waals surface area contributed by atoms with Crippen molar-refractivity contribution >= 4 is 39.8 Å². The van der Waals surface area contributed by atoms with E-state index in [0.717, 1.165) is 54.3 Å². The molecule has 0 aromatic carbocycles. The number of anilines is 1. The first-order chi connectivity index (χ1) is 13.3. The average molecular weight is 376 g/mol. The molecule has 27 heavy (non-hydrogen) atoms. The molecular formula is C21H20N4OS. The average Bonchev–Trinajstić information content (AvgIpc) is 3.39. The number of thiophene rings is 1. The summed E-state index contributed by atoms with van der Waals surface area (Å²) in [6, 6.07) is 4.31. The van der Waals surface area contributed by atoms with Crippen LogP contribution in [-0.2, 0) is 4.74 Å². The summed E-state index contributed by atoms with van der Waals surface area (Å²) in [5, 5.41) is 5.57. The molecule has 1 fully saturated rings. The molecule has 6 heteroatoms. The number of aromatic nitrogens is 2. The van der Waals surface area contributed by atoms with Crippen molar-refractivity contribution in [3.05, 3.63) is 46.4 Å². The lowest BCUT2D eigenvalue weighted by atomic mass is 9.99. The SMILES string of the molecule is Cc1cscc1-c1cc(N2CCOCC2)nc2c(C3=CC=NC3)nccc12. The highest BCUT2D eigenvalue weighted by molar-refractivity contribution is 7.08. The lowest BCUT2D eigenvalue weighted by Gasteiger charge is -2.28. The van der Waals surface area contributed by atoms with Gasteiger partial charge in [-0.2, -0.15) is 11.3 Å². The number of aliphatic imine (C=N–C) groups is 1. The minimum Gasteiger partial charge on any atom is -0.378 e. The fourth-order valence-corrected chi connectivity index (χ4v) is 4.54. The van der Waals surface area contributed by atoms with E-state index in [0.29, 0.717) is 6.54 Å². The van der Waals surface area contributed by atoms with Crippen molar-refractivity contribution in [1.29, 1.82) is 0 Å². The maximum Gasteiger partial charge on any atom is 0.130 e. The van der Waals surface area contributed by atoms with E-state index in [2.05, 4.69) is 44.7 Å². The standard InChI is InChI=1S/C21H20N4OS/c1-14-12-27-13-18(14)17-10-19(25-6-8-26-9-7-25)24-21-16(17)3-5-23-20(21)15-2-4-22-11-15/h2-5,10,12-13H,6-9,11H2,1H3. The Hall–Kier alpha value is -2.57. The van der Waals surface area contributed by atoms with Crippen LogP contribution in [0.5, 0.6) is 0 Å². The molecule has 0 atom stereocenters. The third-order valence-electron chi connectivity index (χ3n) is 5.14. The van der Waals surface area contributed by atoms with Gasteiger partial charge in [-0.25, -0.2) is 4.98 Å². The van der Waals surface area contributed by atoms with Gasteiger partial charge in [-0.15, -0.1) is 0 Å². The highest BCUT2D eigenvalue weighted by Gasteiger charge is 2.20. The first-order valence-corrected chi connectivity index (χ1v) is 10.1. The van der Waals surface area contributed by atoms with Gasteiger partial charge in [0.1, 0.15) is 5.82 Å². The van der Waals surface area contributed by atoms with Crippen LogP contribution in [0.25, 0.3) is 27.6 Å². The number of ether oxygens (including phenoxy) is 1. The van der Waals surface area contributed by atoms with Gasteiger partial charge in [0, 0.05) is 36.5 Å². The molecular weight excluding hydrogens is 356 g/mol. The third-order valence-corrected chi connectivity index (χ3v) is 6.00. The second-order valence-electron chi connectivity index (χ2n) is 6.83. The van der Waals surface area contributed by atoms with E-state index in [1.807, 2.05) is 18.5 Å².